The monoisotopic (exact) mass is 303 g/mol. The van der Waals surface area contributed by atoms with Crippen LogP contribution in [0.3, 0.4) is 0 Å². The normalized spacial score (nSPS) is 10.1. The van der Waals surface area contributed by atoms with Crippen molar-refractivity contribution in [2.24, 2.45) is 0 Å². The predicted octanol–water partition coefficient (Wildman–Crippen LogP) is 3.26. The second-order valence-corrected chi connectivity index (χ2v) is 4.90. The van der Waals surface area contributed by atoms with E-state index in [1.54, 1.807) is 18.2 Å². The summed E-state index contributed by atoms with van der Waals surface area (Å²) in [6, 6.07) is 14.3. The van der Waals surface area contributed by atoms with Crippen molar-refractivity contribution in [1.82, 2.24) is 0 Å². The maximum absolute atomic E-state index is 12.4. The summed E-state index contributed by atoms with van der Waals surface area (Å²) < 4.78 is 0. The molecule has 0 spiro atoms. The van der Waals surface area contributed by atoms with Gasteiger partial charge < -0.3 is 10.4 Å². The van der Waals surface area contributed by atoms with Gasteiger partial charge in [-0.05, 0) is 17.7 Å². The first-order valence-corrected chi connectivity index (χ1v) is 6.77. The lowest BCUT2D eigenvalue weighted by Crippen LogP contribution is -2.16. The molecule has 0 fully saturated rings. The molecular weight excluding hydrogens is 290 g/mol. The van der Waals surface area contributed by atoms with E-state index in [1.807, 2.05) is 30.3 Å². The van der Waals surface area contributed by atoms with Crippen LogP contribution in [0.15, 0.2) is 48.5 Å². The minimum absolute atomic E-state index is 0.153. The summed E-state index contributed by atoms with van der Waals surface area (Å²) in [4.78, 5) is 23.1. The van der Waals surface area contributed by atoms with E-state index in [1.165, 1.54) is 0 Å². The van der Waals surface area contributed by atoms with Gasteiger partial charge in [-0.3, -0.25) is 9.59 Å². The third-order valence-corrected chi connectivity index (χ3v) is 3.24. The van der Waals surface area contributed by atoms with Gasteiger partial charge in [-0.2, -0.15) is 0 Å². The van der Waals surface area contributed by atoms with Crippen molar-refractivity contribution in [3.8, 4) is 0 Å². The summed E-state index contributed by atoms with van der Waals surface area (Å²) in [6.45, 7) is -0.272. The number of carbonyl (C=O) groups excluding carboxylic acids is 1. The molecule has 108 valence electrons. The highest BCUT2D eigenvalue weighted by atomic mass is 35.5. The van der Waals surface area contributed by atoms with Gasteiger partial charge in [0.25, 0.3) is 0 Å². The summed E-state index contributed by atoms with van der Waals surface area (Å²) in [5, 5.41) is 11.8. The lowest BCUT2D eigenvalue weighted by atomic mass is 10.0. The molecule has 0 atom stereocenters. The van der Waals surface area contributed by atoms with Crippen molar-refractivity contribution in [3.05, 3.63) is 64.7 Å². The molecule has 0 aliphatic carbocycles. The molecule has 4 nitrogen and oxygen atoms in total. The van der Waals surface area contributed by atoms with Crippen LogP contribution in [-0.2, 0) is 11.2 Å². The minimum Gasteiger partial charge on any atom is -0.480 e. The smallest absolute Gasteiger partial charge is 0.322 e. The first kappa shape index (κ1) is 15.1. The van der Waals surface area contributed by atoms with E-state index in [9.17, 15) is 9.59 Å². The van der Waals surface area contributed by atoms with Crippen LogP contribution in [0.25, 0.3) is 0 Å². The van der Waals surface area contributed by atoms with Crippen LogP contribution in [0.2, 0.25) is 5.02 Å². The summed E-state index contributed by atoms with van der Waals surface area (Å²) in [6.07, 6.45) is 0.215. The molecule has 2 aromatic rings. The summed E-state index contributed by atoms with van der Waals surface area (Å²) >= 11 is 6.10. The Hall–Kier alpha value is -2.33. The zero-order valence-electron chi connectivity index (χ0n) is 11.2. The zero-order valence-corrected chi connectivity index (χ0v) is 11.9. The molecule has 0 radical (unpaired) electrons. The fourth-order valence-corrected chi connectivity index (χ4v) is 2.28. The second kappa shape index (κ2) is 6.90. The highest BCUT2D eigenvalue weighted by Gasteiger charge is 2.16. The van der Waals surface area contributed by atoms with Gasteiger partial charge in [-0.25, -0.2) is 0 Å². The number of aliphatic carboxylic acids is 1. The van der Waals surface area contributed by atoms with Crippen LogP contribution < -0.4 is 5.32 Å². The topological polar surface area (TPSA) is 66.4 Å². The van der Waals surface area contributed by atoms with Crippen LogP contribution in [0.1, 0.15) is 15.9 Å². The Morgan fingerprint density at radius 1 is 1.05 bits per heavy atom. The van der Waals surface area contributed by atoms with E-state index in [0.29, 0.717) is 16.3 Å². The predicted molar refractivity (Wildman–Crippen MR) is 82.1 cm³/mol. The van der Waals surface area contributed by atoms with Gasteiger partial charge in [0.05, 0.1) is 10.6 Å². The molecule has 0 aliphatic heterocycles. The van der Waals surface area contributed by atoms with Crippen LogP contribution in [0, 0.1) is 0 Å². The maximum Gasteiger partial charge on any atom is 0.322 e. The maximum atomic E-state index is 12.4. The van der Waals surface area contributed by atoms with Crippen molar-refractivity contribution in [3.63, 3.8) is 0 Å². The van der Waals surface area contributed by atoms with Crippen molar-refractivity contribution < 1.29 is 14.7 Å². The lowest BCUT2D eigenvalue weighted by Gasteiger charge is -2.11. The third-order valence-electron chi connectivity index (χ3n) is 2.93. The lowest BCUT2D eigenvalue weighted by molar-refractivity contribution is -0.134. The molecule has 0 bridgehead atoms. The van der Waals surface area contributed by atoms with Gasteiger partial charge in [0.15, 0.2) is 5.78 Å². The van der Waals surface area contributed by atoms with E-state index < -0.39 is 5.97 Å². The first-order valence-electron chi connectivity index (χ1n) is 6.39. The molecule has 2 aromatic carbocycles. The van der Waals surface area contributed by atoms with Gasteiger partial charge in [0.2, 0.25) is 0 Å². The molecule has 5 heteroatoms. The van der Waals surface area contributed by atoms with Gasteiger partial charge >= 0.3 is 5.97 Å². The number of Topliss-reactive ketones (excluding diaryl/α,β-unsaturated/α-hetero) is 1. The zero-order chi connectivity index (χ0) is 15.2. The Balaban J connectivity index is 2.25. The molecule has 0 amide bonds. The van der Waals surface area contributed by atoms with Crippen molar-refractivity contribution in [2.75, 3.05) is 11.9 Å². The Labute approximate surface area is 127 Å². The molecule has 0 saturated heterocycles. The number of ketones is 1. The largest absolute Gasteiger partial charge is 0.480 e. The fourth-order valence-electron chi connectivity index (χ4n) is 2.00. The van der Waals surface area contributed by atoms with Gasteiger partial charge in [-0.1, -0.05) is 48.0 Å². The molecule has 0 heterocycles. The highest BCUT2D eigenvalue weighted by molar-refractivity contribution is 6.34. The molecule has 0 saturated carbocycles. The Kier molecular flexibility index (Phi) is 4.95. The van der Waals surface area contributed by atoms with Crippen molar-refractivity contribution in [1.29, 1.82) is 0 Å². The van der Waals surface area contributed by atoms with Crippen LogP contribution in [0.5, 0.6) is 0 Å². The number of anilines is 1. The standard InChI is InChI=1S/C16H14ClNO3/c17-12-7-4-8-13(18-10-15(20)21)16(12)14(19)9-11-5-2-1-3-6-11/h1-8,18H,9-10H2,(H,20,21). The number of hydrogen-bond donors (Lipinski definition) is 2. The van der Waals surface area contributed by atoms with Crippen molar-refractivity contribution in [2.45, 2.75) is 6.42 Å². The number of benzene rings is 2. The average molecular weight is 304 g/mol. The SMILES string of the molecule is O=C(O)CNc1cccc(Cl)c1C(=O)Cc1ccccc1. The fraction of sp³-hybridized carbons (Fsp3) is 0.125. The number of carboxylic acid groups (broad SMARTS) is 1. The van der Waals surface area contributed by atoms with Crippen LogP contribution in [0.4, 0.5) is 5.69 Å². The molecule has 0 aromatic heterocycles. The van der Waals surface area contributed by atoms with Crippen LogP contribution >= 0.6 is 11.6 Å². The van der Waals surface area contributed by atoms with Crippen LogP contribution in [-0.4, -0.2) is 23.4 Å². The Morgan fingerprint density at radius 2 is 1.76 bits per heavy atom. The quantitative estimate of drug-likeness (QED) is 0.804. The Bertz CT molecular complexity index is 656. The highest BCUT2D eigenvalue weighted by Crippen LogP contribution is 2.26. The minimum atomic E-state index is -1.00. The van der Waals surface area contributed by atoms with E-state index in [2.05, 4.69) is 5.32 Å². The van der Waals surface area contributed by atoms with E-state index in [4.69, 9.17) is 16.7 Å². The Morgan fingerprint density at radius 3 is 2.43 bits per heavy atom. The van der Waals surface area contributed by atoms with E-state index in [-0.39, 0.29) is 18.7 Å². The molecule has 2 N–H and O–H groups in total. The number of rotatable bonds is 6. The number of halogens is 1. The van der Waals surface area contributed by atoms with Gasteiger partial charge in [0, 0.05) is 12.1 Å². The summed E-state index contributed by atoms with van der Waals surface area (Å²) in [5.74, 6) is -1.16. The second-order valence-electron chi connectivity index (χ2n) is 4.50. The van der Waals surface area contributed by atoms with Crippen molar-refractivity contribution >= 4 is 29.0 Å². The molecular formula is C16H14ClNO3. The van der Waals surface area contributed by atoms with E-state index >= 15 is 0 Å². The van der Waals surface area contributed by atoms with Gasteiger partial charge in [-0.15, -0.1) is 0 Å². The number of nitrogens with one attached hydrogen (secondary N) is 1. The molecule has 0 aliphatic rings. The third kappa shape index (κ3) is 4.07. The number of carboxylic acids is 1. The van der Waals surface area contributed by atoms with Gasteiger partial charge in [0.1, 0.15) is 6.54 Å². The molecule has 21 heavy (non-hydrogen) atoms. The first-order chi connectivity index (χ1) is 10.1. The summed E-state index contributed by atoms with van der Waals surface area (Å²) in [5.41, 5.74) is 1.64. The number of carbonyl (C=O) groups is 2. The molecule has 2 rings (SSSR count). The average Bonchev–Trinajstić information content (AvgIpc) is 2.46. The molecule has 0 unspecified atom stereocenters. The van der Waals surface area contributed by atoms with E-state index in [0.717, 1.165) is 5.56 Å². The number of hydrogen-bond acceptors (Lipinski definition) is 3. The summed E-state index contributed by atoms with van der Waals surface area (Å²) in [7, 11) is 0.